The van der Waals surface area contributed by atoms with Crippen LogP contribution in [0.2, 0.25) is 0 Å². The summed E-state index contributed by atoms with van der Waals surface area (Å²) in [6.07, 6.45) is 9.84. The van der Waals surface area contributed by atoms with E-state index in [0.717, 1.165) is 23.7 Å². The Hall–Kier alpha value is -0.820. The van der Waals surface area contributed by atoms with Crippen molar-refractivity contribution >= 4 is 0 Å². The highest BCUT2D eigenvalue weighted by molar-refractivity contribution is 5.32. The first-order chi connectivity index (χ1) is 10.3. The van der Waals surface area contributed by atoms with Crippen LogP contribution in [-0.4, -0.2) is 13.6 Å². The Kier molecular flexibility index (Phi) is 5.00. The van der Waals surface area contributed by atoms with Gasteiger partial charge in [0.15, 0.2) is 0 Å². The molecule has 4 atom stereocenters. The van der Waals surface area contributed by atoms with Gasteiger partial charge in [0.25, 0.3) is 0 Å². The Balaban J connectivity index is 1.72. The van der Waals surface area contributed by atoms with Gasteiger partial charge < -0.3 is 5.32 Å². The summed E-state index contributed by atoms with van der Waals surface area (Å²) in [5.74, 6) is 3.59. The average Bonchev–Trinajstić information content (AvgIpc) is 2.50. The van der Waals surface area contributed by atoms with Crippen molar-refractivity contribution in [1.29, 1.82) is 0 Å². The number of hydrogen-bond donors (Lipinski definition) is 1. The molecule has 2 aliphatic carbocycles. The molecule has 1 aromatic rings. The van der Waals surface area contributed by atoms with E-state index in [0.29, 0.717) is 0 Å². The second kappa shape index (κ2) is 6.96. The van der Waals surface area contributed by atoms with Crippen molar-refractivity contribution in [2.45, 2.75) is 57.8 Å². The van der Waals surface area contributed by atoms with Crippen molar-refractivity contribution in [1.82, 2.24) is 5.32 Å². The molecule has 21 heavy (non-hydrogen) atoms. The molecule has 0 amide bonds. The van der Waals surface area contributed by atoms with Gasteiger partial charge >= 0.3 is 0 Å². The van der Waals surface area contributed by atoms with E-state index in [-0.39, 0.29) is 0 Å². The van der Waals surface area contributed by atoms with Gasteiger partial charge in [-0.3, -0.25) is 0 Å². The summed E-state index contributed by atoms with van der Waals surface area (Å²) in [4.78, 5) is 0. The monoisotopic (exact) mass is 285 g/mol. The van der Waals surface area contributed by atoms with Gasteiger partial charge in [-0.1, -0.05) is 37.6 Å². The Morgan fingerprint density at radius 2 is 1.95 bits per heavy atom. The van der Waals surface area contributed by atoms with Crippen LogP contribution in [0.5, 0.6) is 0 Å². The third-order valence-electron chi connectivity index (χ3n) is 5.95. The Morgan fingerprint density at radius 3 is 2.81 bits per heavy atom. The average molecular weight is 285 g/mol. The van der Waals surface area contributed by atoms with E-state index in [2.05, 4.69) is 43.6 Å². The molecule has 1 heteroatoms. The van der Waals surface area contributed by atoms with Gasteiger partial charge in [0.1, 0.15) is 0 Å². The van der Waals surface area contributed by atoms with Gasteiger partial charge in [-0.2, -0.15) is 0 Å². The van der Waals surface area contributed by atoms with Crippen LogP contribution in [0.4, 0.5) is 0 Å². The van der Waals surface area contributed by atoms with Gasteiger partial charge in [0.2, 0.25) is 0 Å². The zero-order valence-electron chi connectivity index (χ0n) is 13.8. The molecular weight excluding hydrogens is 254 g/mol. The molecule has 116 valence electrons. The van der Waals surface area contributed by atoms with Gasteiger partial charge in [0.05, 0.1) is 0 Å². The molecule has 1 nitrogen and oxygen atoms in total. The molecule has 0 radical (unpaired) electrons. The number of nitrogens with one attached hydrogen (secondary N) is 1. The second-order valence-electron chi connectivity index (χ2n) is 7.52. The third-order valence-corrected chi connectivity index (χ3v) is 5.95. The number of benzene rings is 1. The first-order valence-electron chi connectivity index (χ1n) is 9.00. The second-order valence-corrected chi connectivity index (χ2v) is 7.52. The minimum atomic E-state index is 0.824. The summed E-state index contributed by atoms with van der Waals surface area (Å²) >= 11 is 0. The van der Waals surface area contributed by atoms with E-state index in [4.69, 9.17) is 0 Å². The SMILES string of the molecule is CNCC1CCC(C)CC1CC1CCCc2ccccc21. The van der Waals surface area contributed by atoms with Crippen molar-refractivity contribution in [3.63, 3.8) is 0 Å². The van der Waals surface area contributed by atoms with Gasteiger partial charge in [-0.05, 0) is 86.9 Å². The molecule has 1 saturated carbocycles. The highest BCUT2D eigenvalue weighted by atomic mass is 14.8. The molecule has 0 saturated heterocycles. The largest absolute Gasteiger partial charge is 0.319 e. The normalized spacial score (nSPS) is 32.7. The van der Waals surface area contributed by atoms with Crippen LogP contribution in [-0.2, 0) is 6.42 Å². The molecule has 4 unspecified atom stereocenters. The van der Waals surface area contributed by atoms with Crippen LogP contribution in [0.25, 0.3) is 0 Å². The summed E-state index contributed by atoms with van der Waals surface area (Å²) in [6, 6.07) is 9.22. The summed E-state index contributed by atoms with van der Waals surface area (Å²) in [5.41, 5.74) is 3.30. The zero-order chi connectivity index (χ0) is 14.7. The maximum atomic E-state index is 3.44. The Labute approximate surface area is 130 Å². The maximum Gasteiger partial charge on any atom is -0.00209 e. The molecule has 0 heterocycles. The van der Waals surface area contributed by atoms with Crippen molar-refractivity contribution in [3.8, 4) is 0 Å². The van der Waals surface area contributed by atoms with E-state index < -0.39 is 0 Å². The predicted octanol–water partition coefficient (Wildman–Crippen LogP) is 4.77. The molecule has 1 aromatic carbocycles. The number of aryl methyl sites for hydroxylation is 1. The van der Waals surface area contributed by atoms with Crippen LogP contribution in [0.3, 0.4) is 0 Å². The zero-order valence-corrected chi connectivity index (χ0v) is 13.8. The lowest BCUT2D eigenvalue weighted by Gasteiger charge is -2.38. The highest BCUT2D eigenvalue weighted by Gasteiger charge is 2.31. The third kappa shape index (κ3) is 3.51. The minimum absolute atomic E-state index is 0.824. The van der Waals surface area contributed by atoms with Crippen molar-refractivity contribution in [2.75, 3.05) is 13.6 Å². The van der Waals surface area contributed by atoms with Crippen LogP contribution in [0.15, 0.2) is 24.3 Å². The summed E-state index contributed by atoms with van der Waals surface area (Å²) < 4.78 is 0. The van der Waals surface area contributed by atoms with E-state index in [1.54, 1.807) is 11.1 Å². The molecule has 0 bridgehead atoms. The molecule has 0 aromatic heterocycles. The van der Waals surface area contributed by atoms with Gasteiger partial charge in [-0.15, -0.1) is 0 Å². The lowest BCUT2D eigenvalue weighted by molar-refractivity contribution is 0.165. The van der Waals surface area contributed by atoms with Crippen molar-refractivity contribution in [2.24, 2.45) is 17.8 Å². The lowest BCUT2D eigenvalue weighted by Crippen LogP contribution is -2.32. The maximum absolute atomic E-state index is 3.44. The van der Waals surface area contributed by atoms with E-state index in [9.17, 15) is 0 Å². The van der Waals surface area contributed by atoms with Gasteiger partial charge in [-0.25, -0.2) is 0 Å². The standard InChI is InChI=1S/C20H31N/c1-15-10-11-18(14-21-2)19(12-15)13-17-8-5-7-16-6-3-4-9-20(16)17/h3-4,6,9,15,17-19,21H,5,7-8,10-14H2,1-2H3. The Morgan fingerprint density at radius 1 is 1.10 bits per heavy atom. The van der Waals surface area contributed by atoms with Crippen LogP contribution in [0, 0.1) is 17.8 Å². The quantitative estimate of drug-likeness (QED) is 0.840. The molecule has 2 aliphatic rings. The highest BCUT2D eigenvalue weighted by Crippen LogP contribution is 2.43. The first-order valence-corrected chi connectivity index (χ1v) is 9.00. The number of rotatable bonds is 4. The van der Waals surface area contributed by atoms with E-state index in [1.165, 1.54) is 51.5 Å². The van der Waals surface area contributed by atoms with Crippen molar-refractivity contribution in [3.05, 3.63) is 35.4 Å². The molecule has 1 fully saturated rings. The van der Waals surface area contributed by atoms with Gasteiger partial charge in [0, 0.05) is 0 Å². The number of fused-ring (bicyclic) bond motifs is 1. The van der Waals surface area contributed by atoms with Crippen molar-refractivity contribution < 1.29 is 0 Å². The van der Waals surface area contributed by atoms with Crippen LogP contribution >= 0.6 is 0 Å². The fourth-order valence-electron chi connectivity index (χ4n) is 4.85. The van der Waals surface area contributed by atoms with Crippen LogP contribution in [0.1, 0.15) is 62.5 Å². The van der Waals surface area contributed by atoms with E-state index >= 15 is 0 Å². The first kappa shape index (κ1) is 15.1. The molecular formula is C20H31N. The predicted molar refractivity (Wildman–Crippen MR) is 90.7 cm³/mol. The molecule has 1 N–H and O–H groups in total. The fraction of sp³-hybridized carbons (Fsp3) is 0.700. The van der Waals surface area contributed by atoms with E-state index in [1.807, 2.05) is 0 Å². The minimum Gasteiger partial charge on any atom is -0.319 e. The fourth-order valence-corrected chi connectivity index (χ4v) is 4.85. The summed E-state index contributed by atoms with van der Waals surface area (Å²) in [7, 11) is 2.12. The summed E-state index contributed by atoms with van der Waals surface area (Å²) in [6.45, 7) is 3.67. The summed E-state index contributed by atoms with van der Waals surface area (Å²) in [5, 5.41) is 3.44. The number of hydrogen-bond acceptors (Lipinski definition) is 1. The topological polar surface area (TPSA) is 12.0 Å². The van der Waals surface area contributed by atoms with Crippen LogP contribution < -0.4 is 5.32 Å². The Bertz CT molecular complexity index is 453. The molecule has 3 rings (SSSR count). The molecule has 0 aliphatic heterocycles. The lowest BCUT2D eigenvalue weighted by atomic mass is 9.68. The molecule has 0 spiro atoms. The smallest absolute Gasteiger partial charge is 0.00209 e.